The Morgan fingerprint density at radius 2 is 0.696 bits per heavy atom. The molecule has 118 valence electrons. The molecule has 0 amide bonds. The molecule has 3 rings (SSSR count). The van der Waals surface area contributed by atoms with E-state index in [9.17, 15) is 0 Å². The molecule has 0 unspecified atom stereocenters. The monoisotopic (exact) mass is 338 g/mol. The minimum Gasteiger partial charge on any atom is -0.147 e. The molecule has 0 fully saturated rings. The maximum Gasteiger partial charge on any atom is 0.0501 e. The van der Waals surface area contributed by atoms with Crippen LogP contribution in [0.15, 0.2) is 91.0 Å². The number of benzene rings is 3. The van der Waals surface area contributed by atoms with Crippen LogP contribution in [-0.4, -0.2) is 8.80 Å². The zero-order valence-corrected chi connectivity index (χ0v) is 15.2. The summed E-state index contributed by atoms with van der Waals surface area (Å²) in [6, 6.07) is 36.7. The molecule has 0 radical (unpaired) electrons. The van der Waals surface area contributed by atoms with Crippen LogP contribution >= 0.6 is 12.4 Å². The average Bonchev–Trinajstić information content (AvgIpc) is 2.57. The van der Waals surface area contributed by atoms with Crippen molar-refractivity contribution in [3.05, 3.63) is 108 Å². The molecule has 0 N–H and O–H groups in total. The van der Waals surface area contributed by atoms with Gasteiger partial charge in [-0.3, -0.25) is 0 Å². The van der Waals surface area contributed by atoms with Gasteiger partial charge in [0.05, 0.1) is 8.80 Å². The average molecular weight is 339 g/mol. The Morgan fingerprint density at radius 3 is 0.957 bits per heavy atom. The van der Waals surface area contributed by atoms with Gasteiger partial charge in [0.15, 0.2) is 0 Å². The molecule has 0 aliphatic carbocycles. The lowest BCUT2D eigenvalue weighted by Gasteiger charge is -2.16. The molecular weight excluding hydrogens is 316 g/mol. The summed E-state index contributed by atoms with van der Waals surface area (Å²) >= 11 is 0. The summed E-state index contributed by atoms with van der Waals surface area (Å²) in [5.74, 6) is 0. The van der Waals surface area contributed by atoms with E-state index in [2.05, 4.69) is 91.0 Å². The van der Waals surface area contributed by atoms with Crippen molar-refractivity contribution in [3.63, 3.8) is 0 Å². The predicted molar refractivity (Wildman–Crippen MR) is 105 cm³/mol. The summed E-state index contributed by atoms with van der Waals surface area (Å²) in [5, 5.41) is 0. The Kier molecular flexibility index (Phi) is 7.11. The molecule has 0 nitrogen and oxygen atoms in total. The van der Waals surface area contributed by atoms with Crippen molar-refractivity contribution in [3.8, 4) is 0 Å². The molecule has 3 aromatic carbocycles. The molecule has 0 aromatic heterocycles. The summed E-state index contributed by atoms with van der Waals surface area (Å²) < 4.78 is 0. The standard InChI is InChI=1S/C21H22Si.ClH/c1-4-10-19(11-5-1)16-22(17-20-12-6-2-7-13-20)18-21-14-8-3-9-15-21;/h1-15,22H,16-18H2;1H. The highest BCUT2D eigenvalue weighted by atomic mass is 35.5. The van der Waals surface area contributed by atoms with Crippen LogP contribution in [0, 0.1) is 0 Å². The Morgan fingerprint density at radius 1 is 0.435 bits per heavy atom. The van der Waals surface area contributed by atoms with E-state index in [1.807, 2.05) is 0 Å². The summed E-state index contributed by atoms with van der Waals surface area (Å²) in [6.45, 7) is 0. The molecule has 23 heavy (non-hydrogen) atoms. The third-order valence-corrected chi connectivity index (χ3v) is 7.25. The van der Waals surface area contributed by atoms with Gasteiger partial charge in [-0.25, -0.2) is 0 Å². The first kappa shape index (κ1) is 17.5. The van der Waals surface area contributed by atoms with Crippen molar-refractivity contribution in [1.82, 2.24) is 0 Å². The zero-order valence-electron chi connectivity index (χ0n) is 13.3. The van der Waals surface area contributed by atoms with Gasteiger partial charge in [0.2, 0.25) is 0 Å². The van der Waals surface area contributed by atoms with Gasteiger partial charge in [-0.05, 0) is 18.1 Å². The first-order chi connectivity index (χ1) is 10.9. The van der Waals surface area contributed by atoms with Crippen LogP contribution in [0.4, 0.5) is 0 Å². The molecule has 0 bridgehead atoms. The SMILES string of the molecule is Cl.c1ccc(C[SiH](Cc2ccccc2)Cc2ccccc2)cc1. The second kappa shape index (κ2) is 9.34. The van der Waals surface area contributed by atoms with Gasteiger partial charge in [0.1, 0.15) is 0 Å². The topological polar surface area (TPSA) is 0 Å². The summed E-state index contributed by atoms with van der Waals surface area (Å²) in [5.41, 5.74) is 4.48. The molecule has 0 aliphatic rings. The second-order valence-corrected chi connectivity index (χ2v) is 8.89. The lowest BCUT2D eigenvalue weighted by Crippen LogP contribution is -2.24. The lowest BCUT2D eigenvalue weighted by atomic mass is 10.2. The molecule has 0 aliphatic heterocycles. The highest BCUT2D eigenvalue weighted by Crippen LogP contribution is 2.13. The Hall–Kier alpha value is -1.83. The quantitative estimate of drug-likeness (QED) is 0.556. The van der Waals surface area contributed by atoms with Crippen LogP contribution in [0.5, 0.6) is 0 Å². The maximum atomic E-state index is 2.27. The van der Waals surface area contributed by atoms with E-state index in [-0.39, 0.29) is 12.4 Å². The van der Waals surface area contributed by atoms with E-state index in [4.69, 9.17) is 0 Å². The molecule has 0 spiro atoms. The van der Waals surface area contributed by atoms with Crippen molar-refractivity contribution in [1.29, 1.82) is 0 Å². The zero-order chi connectivity index (χ0) is 15.0. The fourth-order valence-corrected chi connectivity index (χ4v) is 6.31. The number of hydrogen-bond acceptors (Lipinski definition) is 0. The smallest absolute Gasteiger partial charge is 0.0501 e. The fourth-order valence-electron chi connectivity index (χ4n) is 3.06. The third kappa shape index (κ3) is 5.70. The molecule has 2 heteroatoms. The maximum absolute atomic E-state index is 2.27. The number of halogens is 1. The molecule has 0 saturated carbocycles. The van der Waals surface area contributed by atoms with E-state index >= 15 is 0 Å². The van der Waals surface area contributed by atoms with E-state index < -0.39 is 8.80 Å². The second-order valence-electron chi connectivity index (χ2n) is 5.94. The normalized spacial score (nSPS) is 10.3. The Balaban J connectivity index is 0.00000192. The number of hydrogen-bond donors (Lipinski definition) is 0. The van der Waals surface area contributed by atoms with Gasteiger partial charge in [-0.15, -0.1) is 12.4 Å². The van der Waals surface area contributed by atoms with Crippen LogP contribution in [0.25, 0.3) is 0 Å². The number of rotatable bonds is 6. The largest absolute Gasteiger partial charge is 0.147 e. The van der Waals surface area contributed by atoms with Crippen molar-refractivity contribution in [2.75, 3.05) is 0 Å². The first-order valence-corrected chi connectivity index (χ1v) is 10.5. The van der Waals surface area contributed by atoms with Gasteiger partial charge >= 0.3 is 0 Å². The van der Waals surface area contributed by atoms with E-state index in [1.54, 1.807) is 0 Å². The lowest BCUT2D eigenvalue weighted by molar-refractivity contribution is 1.19. The fraction of sp³-hybridized carbons (Fsp3) is 0.143. The van der Waals surface area contributed by atoms with Crippen LogP contribution in [0.1, 0.15) is 16.7 Å². The molecule has 0 atom stereocenters. The van der Waals surface area contributed by atoms with Gasteiger partial charge in [-0.1, -0.05) is 108 Å². The van der Waals surface area contributed by atoms with Gasteiger partial charge in [0, 0.05) is 0 Å². The van der Waals surface area contributed by atoms with Gasteiger partial charge < -0.3 is 0 Å². The van der Waals surface area contributed by atoms with Crippen LogP contribution in [-0.2, 0) is 18.1 Å². The predicted octanol–water partition coefficient (Wildman–Crippen LogP) is 4.98. The third-order valence-electron chi connectivity index (χ3n) is 4.10. The van der Waals surface area contributed by atoms with E-state index in [1.165, 1.54) is 34.8 Å². The van der Waals surface area contributed by atoms with Crippen molar-refractivity contribution >= 4 is 21.2 Å². The molecule has 3 aromatic rings. The minimum atomic E-state index is -0.914. The van der Waals surface area contributed by atoms with Crippen LogP contribution in [0.3, 0.4) is 0 Å². The summed E-state index contributed by atoms with van der Waals surface area (Å²) in [4.78, 5) is 0. The van der Waals surface area contributed by atoms with Crippen LogP contribution in [0.2, 0.25) is 0 Å². The van der Waals surface area contributed by atoms with E-state index in [0.717, 1.165) is 0 Å². The summed E-state index contributed by atoms with van der Waals surface area (Å²) in [7, 11) is -0.914. The molecular formula is C21H23ClSi. The van der Waals surface area contributed by atoms with Gasteiger partial charge in [0.25, 0.3) is 0 Å². The van der Waals surface area contributed by atoms with Crippen LogP contribution < -0.4 is 0 Å². The van der Waals surface area contributed by atoms with Crippen molar-refractivity contribution < 1.29 is 0 Å². The Bertz CT molecular complexity index is 569. The first-order valence-electron chi connectivity index (χ1n) is 8.02. The summed E-state index contributed by atoms with van der Waals surface area (Å²) in [6.07, 6.45) is 0. The molecule has 0 heterocycles. The van der Waals surface area contributed by atoms with E-state index in [0.29, 0.717) is 0 Å². The van der Waals surface area contributed by atoms with Crippen molar-refractivity contribution in [2.45, 2.75) is 18.1 Å². The van der Waals surface area contributed by atoms with Crippen molar-refractivity contribution in [2.24, 2.45) is 0 Å². The minimum absolute atomic E-state index is 0. The Labute approximate surface area is 147 Å². The highest BCUT2D eigenvalue weighted by Gasteiger charge is 2.13. The highest BCUT2D eigenvalue weighted by molar-refractivity contribution is 6.57. The molecule has 0 saturated heterocycles. The van der Waals surface area contributed by atoms with Gasteiger partial charge in [-0.2, -0.15) is 0 Å².